The maximum absolute atomic E-state index is 10.7. The molecule has 0 aliphatic carbocycles. The van der Waals surface area contributed by atoms with E-state index in [1.807, 2.05) is 6.92 Å². The van der Waals surface area contributed by atoms with Gasteiger partial charge >= 0.3 is 5.97 Å². The van der Waals surface area contributed by atoms with Crippen molar-refractivity contribution >= 4 is 11.9 Å². The smallest absolute Gasteiger partial charge is 0.335 e. The number of aromatic carboxylic acids is 1. The maximum Gasteiger partial charge on any atom is 0.335 e. The molecule has 17 heavy (non-hydrogen) atoms. The Bertz CT molecular complexity index is 408. The summed E-state index contributed by atoms with van der Waals surface area (Å²) in [6, 6.07) is 6.50. The van der Waals surface area contributed by atoms with Crippen LogP contribution >= 0.6 is 0 Å². The summed E-state index contributed by atoms with van der Waals surface area (Å²) in [4.78, 5) is 14.9. The SMILES string of the molecule is CCCC(N=C(N)N)c1ccc(C(=O)O)cc1. The van der Waals surface area contributed by atoms with Gasteiger partial charge in [-0.15, -0.1) is 0 Å². The number of guanidine groups is 1. The van der Waals surface area contributed by atoms with Crippen LogP contribution in [-0.2, 0) is 0 Å². The Labute approximate surface area is 100 Å². The van der Waals surface area contributed by atoms with Crippen molar-refractivity contribution in [1.82, 2.24) is 0 Å². The van der Waals surface area contributed by atoms with Crippen molar-refractivity contribution in [1.29, 1.82) is 0 Å². The Morgan fingerprint density at radius 3 is 2.35 bits per heavy atom. The first kappa shape index (κ1) is 13.0. The van der Waals surface area contributed by atoms with Gasteiger partial charge in [0.2, 0.25) is 0 Å². The zero-order valence-corrected chi connectivity index (χ0v) is 9.76. The lowest BCUT2D eigenvalue weighted by atomic mass is 10.0. The molecule has 5 N–H and O–H groups in total. The number of hydrogen-bond acceptors (Lipinski definition) is 2. The van der Waals surface area contributed by atoms with Crippen LogP contribution in [0.15, 0.2) is 29.3 Å². The Balaban J connectivity index is 2.95. The Kier molecular flexibility index (Phi) is 4.51. The average molecular weight is 235 g/mol. The van der Waals surface area contributed by atoms with Gasteiger partial charge in [-0.3, -0.25) is 0 Å². The van der Waals surface area contributed by atoms with E-state index in [4.69, 9.17) is 16.6 Å². The summed E-state index contributed by atoms with van der Waals surface area (Å²) < 4.78 is 0. The predicted octanol–water partition coefficient (Wildman–Crippen LogP) is 1.50. The van der Waals surface area contributed by atoms with Crippen LogP contribution in [-0.4, -0.2) is 17.0 Å². The molecule has 0 saturated carbocycles. The van der Waals surface area contributed by atoms with Crippen LogP contribution in [0.1, 0.15) is 41.7 Å². The highest BCUT2D eigenvalue weighted by molar-refractivity contribution is 5.87. The van der Waals surface area contributed by atoms with Crippen LogP contribution < -0.4 is 11.5 Å². The molecule has 0 spiro atoms. The number of carboxylic acids is 1. The second kappa shape index (κ2) is 5.89. The zero-order valence-electron chi connectivity index (χ0n) is 9.76. The lowest BCUT2D eigenvalue weighted by Gasteiger charge is -2.12. The first-order chi connectivity index (χ1) is 8.04. The third-order valence-corrected chi connectivity index (χ3v) is 2.41. The van der Waals surface area contributed by atoms with E-state index in [9.17, 15) is 4.79 Å². The van der Waals surface area contributed by atoms with Gasteiger partial charge in [-0.05, 0) is 24.1 Å². The average Bonchev–Trinajstić information content (AvgIpc) is 2.28. The lowest BCUT2D eigenvalue weighted by molar-refractivity contribution is 0.0697. The maximum atomic E-state index is 10.7. The van der Waals surface area contributed by atoms with Crippen LogP contribution in [0, 0.1) is 0 Å². The Hall–Kier alpha value is -2.04. The highest BCUT2D eigenvalue weighted by atomic mass is 16.4. The summed E-state index contributed by atoms with van der Waals surface area (Å²) >= 11 is 0. The molecule has 1 aromatic carbocycles. The summed E-state index contributed by atoms with van der Waals surface area (Å²) in [6.07, 6.45) is 1.77. The summed E-state index contributed by atoms with van der Waals surface area (Å²) in [5.41, 5.74) is 11.9. The summed E-state index contributed by atoms with van der Waals surface area (Å²) in [5.74, 6) is -0.892. The van der Waals surface area contributed by atoms with Crippen molar-refractivity contribution in [3.63, 3.8) is 0 Å². The second-order valence-corrected chi connectivity index (χ2v) is 3.79. The van der Waals surface area contributed by atoms with E-state index in [-0.39, 0.29) is 17.6 Å². The topological polar surface area (TPSA) is 102 Å². The first-order valence-electron chi connectivity index (χ1n) is 5.46. The molecule has 1 aromatic rings. The third-order valence-electron chi connectivity index (χ3n) is 2.41. The molecule has 92 valence electrons. The number of nitrogens with zero attached hydrogens (tertiary/aromatic N) is 1. The number of benzene rings is 1. The highest BCUT2D eigenvalue weighted by Crippen LogP contribution is 2.22. The lowest BCUT2D eigenvalue weighted by Crippen LogP contribution is -2.23. The molecule has 0 amide bonds. The van der Waals surface area contributed by atoms with Gasteiger partial charge < -0.3 is 16.6 Å². The standard InChI is InChI=1S/C12H17N3O2/c1-2-3-10(15-12(13)14)8-4-6-9(7-5-8)11(16)17/h4-7,10H,2-3H2,1H3,(H,16,17)(H4,13,14,15). The molecule has 0 fully saturated rings. The van der Waals surface area contributed by atoms with E-state index in [0.29, 0.717) is 0 Å². The summed E-state index contributed by atoms with van der Waals surface area (Å²) in [7, 11) is 0. The van der Waals surface area contributed by atoms with E-state index in [2.05, 4.69) is 4.99 Å². The molecule has 0 aliphatic heterocycles. The monoisotopic (exact) mass is 235 g/mol. The molecule has 1 atom stereocenters. The fourth-order valence-electron chi connectivity index (χ4n) is 1.61. The van der Waals surface area contributed by atoms with E-state index < -0.39 is 5.97 Å². The van der Waals surface area contributed by atoms with Gasteiger partial charge in [0.05, 0.1) is 11.6 Å². The van der Waals surface area contributed by atoms with Gasteiger partial charge in [-0.25, -0.2) is 9.79 Å². The van der Waals surface area contributed by atoms with E-state index in [1.165, 1.54) is 0 Å². The van der Waals surface area contributed by atoms with Gasteiger partial charge in [0.25, 0.3) is 0 Å². The number of hydrogen-bond donors (Lipinski definition) is 3. The molecule has 0 aromatic heterocycles. The summed E-state index contributed by atoms with van der Waals surface area (Å²) in [5, 5.41) is 8.80. The molecule has 0 bridgehead atoms. The molecular weight excluding hydrogens is 218 g/mol. The zero-order chi connectivity index (χ0) is 12.8. The fraction of sp³-hybridized carbons (Fsp3) is 0.333. The molecule has 0 heterocycles. The number of rotatable bonds is 5. The van der Waals surface area contributed by atoms with Gasteiger partial charge in [-0.1, -0.05) is 25.5 Å². The Morgan fingerprint density at radius 2 is 1.94 bits per heavy atom. The van der Waals surface area contributed by atoms with Crippen molar-refractivity contribution in [2.45, 2.75) is 25.8 Å². The van der Waals surface area contributed by atoms with Crippen molar-refractivity contribution in [2.75, 3.05) is 0 Å². The summed E-state index contributed by atoms with van der Waals surface area (Å²) in [6.45, 7) is 2.04. The molecule has 0 radical (unpaired) electrons. The van der Waals surface area contributed by atoms with Gasteiger partial charge in [-0.2, -0.15) is 0 Å². The van der Waals surface area contributed by atoms with Crippen LogP contribution in [0.4, 0.5) is 0 Å². The number of carboxylic acid groups (broad SMARTS) is 1. The van der Waals surface area contributed by atoms with Crippen LogP contribution in [0.5, 0.6) is 0 Å². The largest absolute Gasteiger partial charge is 0.478 e. The van der Waals surface area contributed by atoms with Crippen molar-refractivity contribution in [3.8, 4) is 0 Å². The highest BCUT2D eigenvalue weighted by Gasteiger charge is 2.10. The van der Waals surface area contributed by atoms with E-state index >= 15 is 0 Å². The molecule has 1 rings (SSSR count). The van der Waals surface area contributed by atoms with E-state index in [0.717, 1.165) is 18.4 Å². The van der Waals surface area contributed by atoms with Crippen LogP contribution in [0.25, 0.3) is 0 Å². The minimum Gasteiger partial charge on any atom is -0.478 e. The molecule has 0 saturated heterocycles. The fourth-order valence-corrected chi connectivity index (χ4v) is 1.61. The molecule has 1 unspecified atom stereocenters. The number of carbonyl (C=O) groups is 1. The minimum absolute atomic E-state index is 0.0470. The van der Waals surface area contributed by atoms with Crippen molar-refractivity contribution < 1.29 is 9.90 Å². The normalized spacial score (nSPS) is 11.8. The number of nitrogens with two attached hydrogens (primary N) is 2. The Morgan fingerprint density at radius 1 is 1.35 bits per heavy atom. The van der Waals surface area contributed by atoms with Crippen molar-refractivity contribution in [2.24, 2.45) is 16.5 Å². The van der Waals surface area contributed by atoms with Gasteiger partial charge in [0, 0.05) is 0 Å². The molecular formula is C12H17N3O2. The van der Waals surface area contributed by atoms with Crippen LogP contribution in [0.2, 0.25) is 0 Å². The molecule has 5 heteroatoms. The minimum atomic E-state index is -0.939. The second-order valence-electron chi connectivity index (χ2n) is 3.79. The number of aliphatic imine (C=N–C) groups is 1. The van der Waals surface area contributed by atoms with E-state index in [1.54, 1.807) is 24.3 Å². The van der Waals surface area contributed by atoms with Crippen molar-refractivity contribution in [3.05, 3.63) is 35.4 Å². The first-order valence-corrected chi connectivity index (χ1v) is 5.46. The van der Waals surface area contributed by atoms with Gasteiger partial charge in [0.1, 0.15) is 0 Å². The third kappa shape index (κ3) is 3.79. The predicted molar refractivity (Wildman–Crippen MR) is 66.9 cm³/mol. The molecule has 0 aliphatic rings. The van der Waals surface area contributed by atoms with Crippen LogP contribution in [0.3, 0.4) is 0 Å². The quantitative estimate of drug-likeness (QED) is 0.531. The van der Waals surface area contributed by atoms with Gasteiger partial charge in [0.15, 0.2) is 5.96 Å². The molecule has 5 nitrogen and oxygen atoms in total.